The Kier molecular flexibility index (Phi) is 12.9. The Balaban J connectivity index is 3.64. The van der Waals surface area contributed by atoms with Crippen molar-refractivity contribution in [1.82, 2.24) is 0 Å². The molecule has 1 unspecified atom stereocenters. The van der Waals surface area contributed by atoms with Crippen molar-refractivity contribution in [3.05, 3.63) is 0 Å². The summed E-state index contributed by atoms with van der Waals surface area (Å²) in [6, 6.07) is 0. The molecule has 1 atom stereocenters. The first-order chi connectivity index (χ1) is 10.7. The summed E-state index contributed by atoms with van der Waals surface area (Å²) in [5.41, 5.74) is -2.66. The van der Waals surface area contributed by atoms with E-state index < -0.39 is 5.69 Å². The molecule has 0 N–H and O–H groups in total. The highest BCUT2D eigenvalue weighted by atomic mass is 32.9. The third-order valence-electron chi connectivity index (χ3n) is 3.09. The number of esters is 1. The van der Waals surface area contributed by atoms with Crippen molar-refractivity contribution in [2.24, 2.45) is 0 Å². The van der Waals surface area contributed by atoms with E-state index in [1.54, 1.807) is 0 Å². The highest BCUT2D eigenvalue weighted by molar-refractivity contribution is 8.51. The third kappa shape index (κ3) is 17.0. The SMILES string of the molecule is CCCCCCCC(=O)OCCOP(=S)([S-])OCC[N+](C)(C)C. The minimum atomic E-state index is -2.66. The summed E-state index contributed by atoms with van der Waals surface area (Å²) in [4.78, 5) is 11.5. The number of rotatable bonds is 14. The van der Waals surface area contributed by atoms with E-state index in [4.69, 9.17) is 37.8 Å². The van der Waals surface area contributed by atoms with Crippen molar-refractivity contribution in [3.63, 3.8) is 0 Å². The van der Waals surface area contributed by atoms with Gasteiger partial charge < -0.3 is 30.5 Å². The van der Waals surface area contributed by atoms with E-state index in [9.17, 15) is 4.79 Å². The number of unbranched alkanes of at least 4 members (excludes halogenated alkanes) is 4. The van der Waals surface area contributed by atoms with Crippen LogP contribution in [-0.2, 0) is 42.6 Å². The molecule has 0 rings (SSSR count). The molecule has 23 heavy (non-hydrogen) atoms. The van der Waals surface area contributed by atoms with Crippen LogP contribution in [0.4, 0.5) is 0 Å². The summed E-state index contributed by atoms with van der Waals surface area (Å²) in [5, 5.41) is 0. The minimum Gasteiger partial charge on any atom is -0.691 e. The molecule has 5 nitrogen and oxygen atoms in total. The van der Waals surface area contributed by atoms with E-state index in [1.165, 1.54) is 19.3 Å². The minimum absolute atomic E-state index is 0.182. The average Bonchev–Trinajstić information content (AvgIpc) is 2.42. The zero-order valence-electron chi connectivity index (χ0n) is 14.9. The fourth-order valence-corrected chi connectivity index (χ4v) is 3.29. The van der Waals surface area contributed by atoms with Crippen molar-refractivity contribution >= 4 is 35.7 Å². The Morgan fingerprint density at radius 2 is 1.65 bits per heavy atom. The van der Waals surface area contributed by atoms with Gasteiger partial charge in [-0.05, 0) is 6.42 Å². The highest BCUT2D eigenvalue weighted by Crippen LogP contribution is 2.45. The summed E-state index contributed by atoms with van der Waals surface area (Å²) < 4.78 is 16.7. The number of nitrogens with zero attached hydrogens (tertiary/aromatic N) is 1. The van der Waals surface area contributed by atoms with Gasteiger partial charge in [-0.25, -0.2) is 0 Å². The van der Waals surface area contributed by atoms with Crippen LogP contribution in [0.2, 0.25) is 0 Å². The van der Waals surface area contributed by atoms with E-state index in [-0.39, 0.29) is 19.2 Å². The number of quaternary nitrogens is 1. The first-order valence-electron chi connectivity index (χ1n) is 8.22. The molecule has 0 radical (unpaired) electrons. The van der Waals surface area contributed by atoms with Crippen molar-refractivity contribution in [2.75, 3.05) is 47.5 Å². The number of hydrogen-bond acceptors (Lipinski definition) is 6. The van der Waals surface area contributed by atoms with Gasteiger partial charge in [-0.2, -0.15) is 0 Å². The van der Waals surface area contributed by atoms with Crippen LogP contribution in [0.15, 0.2) is 0 Å². The Bertz CT molecular complexity index is 375. The molecule has 0 aromatic heterocycles. The standard InChI is InChI=1S/C15H32NO4PS2/c1-5-6-7-8-9-10-15(17)18-13-14-20-21(22,23)19-12-11-16(2,3)4/h5-14H2,1-4H3. The molecule has 0 amide bonds. The Morgan fingerprint density at radius 3 is 2.26 bits per heavy atom. The van der Waals surface area contributed by atoms with Crippen molar-refractivity contribution < 1.29 is 23.1 Å². The van der Waals surface area contributed by atoms with Gasteiger partial charge >= 0.3 is 5.97 Å². The Labute approximate surface area is 152 Å². The Hall–Kier alpha value is 0.350. The van der Waals surface area contributed by atoms with Crippen molar-refractivity contribution in [3.8, 4) is 0 Å². The molecule has 0 aliphatic heterocycles. The largest absolute Gasteiger partial charge is 0.691 e. The predicted octanol–water partition coefficient (Wildman–Crippen LogP) is 3.40. The van der Waals surface area contributed by atoms with Gasteiger partial charge in [-0.1, -0.05) is 44.4 Å². The molecular formula is C15H32NO4PS2. The van der Waals surface area contributed by atoms with Gasteiger partial charge in [0.15, 0.2) is 0 Å². The lowest BCUT2D eigenvalue weighted by molar-refractivity contribution is -0.870. The molecule has 138 valence electrons. The monoisotopic (exact) mass is 385 g/mol. The third-order valence-corrected chi connectivity index (χ3v) is 5.35. The van der Waals surface area contributed by atoms with Crippen LogP contribution < -0.4 is 0 Å². The number of ether oxygens (including phenoxy) is 1. The van der Waals surface area contributed by atoms with E-state index in [1.807, 2.05) is 0 Å². The van der Waals surface area contributed by atoms with Gasteiger partial charge in [-0.3, -0.25) is 4.79 Å². The predicted molar refractivity (Wildman–Crippen MR) is 101 cm³/mol. The molecule has 0 bridgehead atoms. The van der Waals surface area contributed by atoms with Crippen LogP contribution in [0, 0.1) is 0 Å². The maximum absolute atomic E-state index is 11.5. The molecule has 0 saturated carbocycles. The maximum Gasteiger partial charge on any atom is 0.305 e. The van der Waals surface area contributed by atoms with E-state index in [0.717, 1.165) is 23.9 Å². The van der Waals surface area contributed by atoms with Crippen LogP contribution >= 0.6 is 5.69 Å². The molecule has 0 spiro atoms. The fraction of sp³-hybridized carbons (Fsp3) is 0.933. The first-order valence-corrected chi connectivity index (χ1v) is 11.9. The van der Waals surface area contributed by atoms with Crippen molar-refractivity contribution in [1.29, 1.82) is 0 Å². The molecule has 0 heterocycles. The normalized spacial score (nSPS) is 14.5. The Morgan fingerprint density at radius 1 is 1.04 bits per heavy atom. The second-order valence-corrected chi connectivity index (χ2v) is 11.5. The summed E-state index contributed by atoms with van der Waals surface area (Å²) >= 11 is 10.3. The average molecular weight is 386 g/mol. The quantitative estimate of drug-likeness (QED) is 0.150. The van der Waals surface area contributed by atoms with E-state index in [0.29, 0.717) is 13.0 Å². The van der Waals surface area contributed by atoms with Crippen LogP contribution in [0.1, 0.15) is 45.4 Å². The van der Waals surface area contributed by atoms with Crippen LogP contribution in [0.3, 0.4) is 0 Å². The number of carbonyl (C=O) groups excluding carboxylic acids is 1. The summed E-state index contributed by atoms with van der Waals surface area (Å²) in [5.74, 6) is -0.186. The molecule has 0 aromatic rings. The number of likely N-dealkylation sites (N-methyl/N-ethyl adjacent to an activating group) is 1. The number of carbonyl (C=O) groups is 1. The fourth-order valence-electron chi connectivity index (χ4n) is 1.71. The van der Waals surface area contributed by atoms with Gasteiger partial charge in [0.1, 0.15) is 19.8 Å². The lowest BCUT2D eigenvalue weighted by atomic mass is 10.1. The molecule has 0 fully saturated rings. The zero-order valence-corrected chi connectivity index (χ0v) is 17.4. The van der Waals surface area contributed by atoms with Crippen LogP contribution in [-0.4, -0.2) is 58.0 Å². The lowest BCUT2D eigenvalue weighted by Gasteiger charge is -2.30. The highest BCUT2D eigenvalue weighted by Gasteiger charge is 2.09. The lowest BCUT2D eigenvalue weighted by Crippen LogP contribution is -2.37. The molecule has 0 aliphatic rings. The summed E-state index contributed by atoms with van der Waals surface area (Å²) in [6.07, 6.45) is 6.02. The summed E-state index contributed by atoms with van der Waals surface area (Å²) in [6.45, 7) is 3.84. The maximum atomic E-state index is 11.5. The first kappa shape index (κ1) is 23.4. The van der Waals surface area contributed by atoms with Crippen LogP contribution in [0.25, 0.3) is 0 Å². The summed E-state index contributed by atoms with van der Waals surface area (Å²) in [7, 11) is 6.20. The number of hydrogen-bond donors (Lipinski definition) is 0. The van der Waals surface area contributed by atoms with Gasteiger partial charge in [0.2, 0.25) is 0 Å². The second-order valence-electron chi connectivity index (χ2n) is 6.51. The van der Waals surface area contributed by atoms with Crippen molar-refractivity contribution in [2.45, 2.75) is 45.4 Å². The van der Waals surface area contributed by atoms with Gasteiger partial charge in [0, 0.05) is 6.42 Å². The molecule has 0 saturated heterocycles. The topological polar surface area (TPSA) is 44.8 Å². The molecule has 0 aliphatic carbocycles. The molecule has 8 heteroatoms. The van der Waals surface area contributed by atoms with E-state index in [2.05, 4.69) is 28.1 Å². The molecular weight excluding hydrogens is 353 g/mol. The van der Waals surface area contributed by atoms with Gasteiger partial charge in [0.25, 0.3) is 0 Å². The molecule has 0 aromatic carbocycles. The zero-order chi connectivity index (χ0) is 17.8. The van der Waals surface area contributed by atoms with Gasteiger partial charge in [0.05, 0.1) is 33.4 Å². The smallest absolute Gasteiger partial charge is 0.305 e. The van der Waals surface area contributed by atoms with Gasteiger partial charge in [-0.15, -0.1) is 0 Å². The second kappa shape index (κ2) is 12.7. The van der Waals surface area contributed by atoms with Crippen LogP contribution in [0.5, 0.6) is 0 Å². The van der Waals surface area contributed by atoms with E-state index >= 15 is 0 Å².